The summed E-state index contributed by atoms with van der Waals surface area (Å²) in [5, 5.41) is 0. The van der Waals surface area contributed by atoms with Crippen LogP contribution in [0.1, 0.15) is 13.8 Å². The van der Waals surface area contributed by atoms with Crippen LogP contribution in [0.3, 0.4) is 0 Å². The van der Waals surface area contributed by atoms with Crippen molar-refractivity contribution in [3.63, 3.8) is 0 Å². The van der Waals surface area contributed by atoms with Crippen LogP contribution in [-0.2, 0) is 4.74 Å². The van der Waals surface area contributed by atoms with Crippen LogP contribution in [0.15, 0.2) is 29.3 Å². The minimum atomic E-state index is 0.00659. The Morgan fingerprint density at radius 1 is 1.31 bits per heavy atom. The molecule has 86 valence electrons. The van der Waals surface area contributed by atoms with Crippen molar-refractivity contribution in [2.24, 2.45) is 4.99 Å². The highest BCUT2D eigenvalue weighted by Crippen LogP contribution is 2.24. The number of hydrogen-bond donors (Lipinski definition) is 1. The van der Waals surface area contributed by atoms with Crippen LogP contribution in [0.25, 0.3) is 0 Å². The molecule has 2 N–H and O–H groups in total. The van der Waals surface area contributed by atoms with E-state index in [-0.39, 0.29) is 5.54 Å². The Hall–Kier alpha value is -1.71. The van der Waals surface area contributed by atoms with Gasteiger partial charge in [0.2, 0.25) is 0 Å². The largest absolute Gasteiger partial charge is 0.462 e. The standard InChI is InChI=1S/C12H17N3O/c1-12(2)8-16-11(15(12)3)14-10-6-4-9(13)5-7-10/h4-7H,8,13H2,1-3H3. The summed E-state index contributed by atoms with van der Waals surface area (Å²) in [7, 11) is 1.99. The summed E-state index contributed by atoms with van der Waals surface area (Å²) in [6, 6.07) is 8.09. The lowest BCUT2D eigenvalue weighted by Crippen LogP contribution is -2.38. The van der Waals surface area contributed by atoms with Gasteiger partial charge in [-0.15, -0.1) is 0 Å². The lowest BCUT2D eigenvalue weighted by atomic mass is 10.1. The second-order valence-electron chi connectivity index (χ2n) is 4.65. The van der Waals surface area contributed by atoms with Gasteiger partial charge >= 0.3 is 0 Å². The Morgan fingerprint density at radius 3 is 2.44 bits per heavy atom. The highest BCUT2D eigenvalue weighted by Gasteiger charge is 2.35. The highest BCUT2D eigenvalue weighted by molar-refractivity contribution is 5.79. The normalized spacial score (nSPS) is 21.2. The van der Waals surface area contributed by atoms with E-state index in [0.29, 0.717) is 12.6 Å². The summed E-state index contributed by atoms with van der Waals surface area (Å²) in [5.41, 5.74) is 7.22. The second-order valence-corrected chi connectivity index (χ2v) is 4.65. The average Bonchev–Trinajstić information content (AvgIpc) is 2.49. The molecule has 1 fully saturated rings. The summed E-state index contributed by atoms with van der Waals surface area (Å²) in [6.07, 6.45) is 0. The molecule has 0 radical (unpaired) electrons. The van der Waals surface area contributed by atoms with Crippen molar-refractivity contribution >= 4 is 17.4 Å². The molecule has 1 aromatic rings. The summed E-state index contributed by atoms with van der Waals surface area (Å²) in [4.78, 5) is 6.49. The number of benzene rings is 1. The molecule has 1 heterocycles. The highest BCUT2D eigenvalue weighted by atomic mass is 16.5. The van der Waals surface area contributed by atoms with Crippen LogP contribution < -0.4 is 5.73 Å². The third kappa shape index (κ3) is 1.96. The topological polar surface area (TPSA) is 50.8 Å². The first-order valence-corrected chi connectivity index (χ1v) is 5.30. The van der Waals surface area contributed by atoms with E-state index in [2.05, 4.69) is 18.8 Å². The summed E-state index contributed by atoms with van der Waals surface area (Å²) >= 11 is 0. The maximum Gasteiger partial charge on any atom is 0.292 e. The molecule has 1 aliphatic rings. The van der Waals surface area contributed by atoms with Gasteiger partial charge in [0.15, 0.2) is 0 Å². The lowest BCUT2D eigenvalue weighted by Gasteiger charge is -2.24. The van der Waals surface area contributed by atoms with Crippen molar-refractivity contribution in [2.45, 2.75) is 19.4 Å². The van der Waals surface area contributed by atoms with Crippen molar-refractivity contribution in [1.29, 1.82) is 0 Å². The first-order chi connectivity index (χ1) is 7.49. The van der Waals surface area contributed by atoms with E-state index in [0.717, 1.165) is 11.4 Å². The Labute approximate surface area is 95.7 Å². The first-order valence-electron chi connectivity index (χ1n) is 5.30. The number of rotatable bonds is 1. The van der Waals surface area contributed by atoms with Crippen LogP contribution >= 0.6 is 0 Å². The van der Waals surface area contributed by atoms with E-state index >= 15 is 0 Å². The van der Waals surface area contributed by atoms with Gasteiger partial charge in [0, 0.05) is 12.7 Å². The minimum Gasteiger partial charge on any atom is -0.462 e. The van der Waals surface area contributed by atoms with Crippen molar-refractivity contribution in [1.82, 2.24) is 4.90 Å². The number of nitrogens with two attached hydrogens (primary N) is 1. The number of likely N-dealkylation sites (N-methyl/N-ethyl adjacent to an activating group) is 1. The van der Waals surface area contributed by atoms with Crippen molar-refractivity contribution in [3.05, 3.63) is 24.3 Å². The molecule has 4 nitrogen and oxygen atoms in total. The summed E-state index contributed by atoms with van der Waals surface area (Å²) < 4.78 is 5.56. The van der Waals surface area contributed by atoms with Crippen LogP contribution in [-0.4, -0.2) is 30.1 Å². The van der Waals surface area contributed by atoms with Gasteiger partial charge in [-0.25, -0.2) is 0 Å². The molecule has 0 amide bonds. The number of anilines is 1. The van der Waals surface area contributed by atoms with E-state index in [1.807, 2.05) is 36.2 Å². The van der Waals surface area contributed by atoms with Crippen LogP contribution in [0, 0.1) is 0 Å². The van der Waals surface area contributed by atoms with Crippen molar-refractivity contribution in [2.75, 3.05) is 19.4 Å². The maximum absolute atomic E-state index is 5.62. The maximum atomic E-state index is 5.62. The molecule has 1 saturated heterocycles. The summed E-state index contributed by atoms with van der Waals surface area (Å²) in [6.45, 7) is 4.91. The fraction of sp³-hybridized carbons (Fsp3) is 0.417. The quantitative estimate of drug-likeness (QED) is 0.735. The molecule has 0 saturated carbocycles. The molecule has 0 bridgehead atoms. The Balaban J connectivity index is 2.23. The number of ether oxygens (including phenoxy) is 1. The zero-order valence-electron chi connectivity index (χ0n) is 9.90. The molecule has 16 heavy (non-hydrogen) atoms. The van der Waals surface area contributed by atoms with Gasteiger partial charge in [-0.3, -0.25) is 0 Å². The predicted molar refractivity (Wildman–Crippen MR) is 65.7 cm³/mol. The number of aliphatic imine (C=N–C) groups is 1. The molecule has 1 aromatic carbocycles. The van der Waals surface area contributed by atoms with Gasteiger partial charge < -0.3 is 15.4 Å². The lowest BCUT2D eigenvalue weighted by molar-refractivity contribution is 0.246. The third-order valence-corrected chi connectivity index (χ3v) is 2.87. The summed E-state index contributed by atoms with van der Waals surface area (Å²) in [5.74, 6) is 0. The van der Waals surface area contributed by atoms with Crippen molar-refractivity contribution < 1.29 is 4.74 Å². The van der Waals surface area contributed by atoms with E-state index in [1.54, 1.807) is 0 Å². The molecule has 1 aliphatic heterocycles. The number of amidine groups is 1. The average molecular weight is 219 g/mol. The Morgan fingerprint density at radius 2 is 1.94 bits per heavy atom. The molecule has 0 atom stereocenters. The number of nitrogens with zero attached hydrogens (tertiary/aromatic N) is 2. The fourth-order valence-corrected chi connectivity index (χ4v) is 1.46. The van der Waals surface area contributed by atoms with E-state index < -0.39 is 0 Å². The van der Waals surface area contributed by atoms with Crippen LogP contribution in [0.4, 0.5) is 11.4 Å². The van der Waals surface area contributed by atoms with Gasteiger partial charge in [0.25, 0.3) is 6.02 Å². The second kappa shape index (κ2) is 3.70. The molecule has 4 heteroatoms. The molecule has 0 aliphatic carbocycles. The SMILES string of the molecule is CN1C(=Nc2ccc(N)cc2)OCC1(C)C. The van der Waals surface area contributed by atoms with E-state index in [4.69, 9.17) is 10.5 Å². The van der Waals surface area contributed by atoms with Gasteiger partial charge in [-0.2, -0.15) is 4.99 Å². The van der Waals surface area contributed by atoms with Crippen LogP contribution in [0.2, 0.25) is 0 Å². The van der Waals surface area contributed by atoms with E-state index in [9.17, 15) is 0 Å². The van der Waals surface area contributed by atoms with Gasteiger partial charge in [0.05, 0.1) is 11.2 Å². The third-order valence-electron chi connectivity index (χ3n) is 2.87. The molecule has 2 rings (SSSR count). The van der Waals surface area contributed by atoms with Gasteiger partial charge in [-0.05, 0) is 38.1 Å². The van der Waals surface area contributed by atoms with Crippen LogP contribution in [0.5, 0.6) is 0 Å². The monoisotopic (exact) mass is 219 g/mol. The molecular formula is C12H17N3O. The number of nitrogen functional groups attached to an aromatic ring is 1. The van der Waals surface area contributed by atoms with Gasteiger partial charge in [-0.1, -0.05) is 0 Å². The fourth-order valence-electron chi connectivity index (χ4n) is 1.46. The minimum absolute atomic E-state index is 0.00659. The zero-order chi connectivity index (χ0) is 11.8. The molecular weight excluding hydrogens is 202 g/mol. The van der Waals surface area contributed by atoms with Gasteiger partial charge in [0.1, 0.15) is 6.61 Å². The molecule has 0 spiro atoms. The molecule has 0 aromatic heterocycles. The Kier molecular flexibility index (Phi) is 2.50. The Bertz CT molecular complexity index is 409. The van der Waals surface area contributed by atoms with E-state index in [1.165, 1.54) is 0 Å². The number of hydrogen-bond acceptors (Lipinski definition) is 3. The predicted octanol–water partition coefficient (Wildman–Crippen LogP) is 2.00. The van der Waals surface area contributed by atoms with Crippen molar-refractivity contribution in [3.8, 4) is 0 Å². The zero-order valence-corrected chi connectivity index (χ0v) is 9.90. The first kappa shape index (κ1) is 10.8. The molecule has 0 unspecified atom stereocenters. The smallest absolute Gasteiger partial charge is 0.292 e.